The van der Waals surface area contributed by atoms with Crippen LogP contribution in [0.1, 0.15) is 86.0 Å². The predicted molar refractivity (Wildman–Crippen MR) is 124 cm³/mol. The Hall–Kier alpha value is -0.870. The third-order valence-electron chi connectivity index (χ3n) is 10.1. The van der Waals surface area contributed by atoms with Gasteiger partial charge >= 0.3 is 0 Å². The van der Waals surface area contributed by atoms with E-state index in [2.05, 4.69) is 50.8 Å². The summed E-state index contributed by atoms with van der Waals surface area (Å²) in [5.41, 5.74) is 2.72. The van der Waals surface area contributed by atoms with Crippen LogP contribution in [0.4, 0.5) is 0 Å². The molecular formula is C26H44N2O2. The molecule has 0 aromatic carbocycles. The number of fused-ring (bicyclic) bond motifs is 5. The van der Waals surface area contributed by atoms with E-state index in [1.807, 2.05) is 0 Å². The van der Waals surface area contributed by atoms with Gasteiger partial charge in [0.25, 0.3) is 0 Å². The molecule has 4 aliphatic carbocycles. The molecule has 4 nitrogen and oxygen atoms in total. The second kappa shape index (κ2) is 8.24. The average molecular weight is 417 g/mol. The van der Waals surface area contributed by atoms with Crippen molar-refractivity contribution in [3.05, 3.63) is 11.6 Å². The maximum absolute atomic E-state index is 11.1. The minimum absolute atomic E-state index is 0.117. The van der Waals surface area contributed by atoms with E-state index < -0.39 is 5.60 Å². The van der Waals surface area contributed by atoms with E-state index in [1.165, 1.54) is 38.5 Å². The van der Waals surface area contributed by atoms with Gasteiger partial charge in [-0.3, -0.25) is 0 Å². The summed E-state index contributed by atoms with van der Waals surface area (Å²) < 4.78 is 0. The van der Waals surface area contributed by atoms with Crippen LogP contribution in [0.2, 0.25) is 0 Å². The van der Waals surface area contributed by atoms with E-state index >= 15 is 0 Å². The molecule has 3 saturated carbocycles. The molecule has 4 rings (SSSR count). The average Bonchev–Trinajstić information content (AvgIpc) is 2.97. The van der Waals surface area contributed by atoms with Gasteiger partial charge in [0.15, 0.2) is 0 Å². The zero-order valence-electron chi connectivity index (χ0n) is 20.0. The van der Waals surface area contributed by atoms with Gasteiger partial charge in [-0.1, -0.05) is 38.4 Å². The molecule has 0 aromatic heterocycles. The Labute approximate surface area is 184 Å². The summed E-state index contributed by atoms with van der Waals surface area (Å²) in [6.45, 7) is 15.2. The molecule has 4 heteroatoms. The molecule has 0 aromatic rings. The molecule has 0 bridgehead atoms. The van der Waals surface area contributed by atoms with E-state index in [4.69, 9.17) is 4.84 Å². The summed E-state index contributed by atoms with van der Waals surface area (Å²) in [5.74, 6) is 2.25. The van der Waals surface area contributed by atoms with Crippen molar-refractivity contribution in [1.29, 1.82) is 0 Å². The topological polar surface area (TPSA) is 45.1 Å². The molecule has 0 amide bonds. The van der Waals surface area contributed by atoms with E-state index in [1.54, 1.807) is 5.57 Å². The van der Waals surface area contributed by atoms with Crippen LogP contribution < -0.4 is 0 Å². The van der Waals surface area contributed by atoms with E-state index in [0.717, 1.165) is 50.0 Å². The first-order valence-corrected chi connectivity index (χ1v) is 12.6. The van der Waals surface area contributed by atoms with E-state index in [0.29, 0.717) is 17.9 Å². The lowest BCUT2D eigenvalue weighted by atomic mass is 9.46. The molecule has 3 unspecified atom stereocenters. The largest absolute Gasteiger partial charge is 0.394 e. The molecule has 0 heterocycles. The van der Waals surface area contributed by atoms with Crippen LogP contribution in [0.15, 0.2) is 16.8 Å². The van der Waals surface area contributed by atoms with E-state index in [9.17, 15) is 5.11 Å². The standard InChI is InChI=1S/C26H44N2O2/c1-6-28(7-2)16-17-30-27-20-10-13-24(3)19(18-20)8-9-21-22(24)11-14-25(4)23(21)12-15-26(25,5)29/h18,21-23,29H,6-17H2,1-5H3/t21?,22?,23?,24-,25-,26-/m0/s1. The quantitative estimate of drug-likeness (QED) is 0.465. The zero-order chi connectivity index (χ0) is 21.6. The monoisotopic (exact) mass is 416 g/mol. The minimum atomic E-state index is -0.478. The van der Waals surface area contributed by atoms with Crippen molar-refractivity contribution in [2.75, 3.05) is 26.2 Å². The summed E-state index contributed by atoms with van der Waals surface area (Å²) in [7, 11) is 0. The van der Waals surface area contributed by atoms with Crippen molar-refractivity contribution >= 4 is 5.71 Å². The Bertz CT molecular complexity index is 695. The van der Waals surface area contributed by atoms with Crippen LogP contribution in [-0.4, -0.2) is 47.6 Å². The van der Waals surface area contributed by atoms with Crippen LogP contribution in [0.3, 0.4) is 0 Å². The molecule has 1 N–H and O–H groups in total. The molecule has 3 fully saturated rings. The maximum atomic E-state index is 11.1. The first-order valence-electron chi connectivity index (χ1n) is 12.6. The van der Waals surface area contributed by atoms with Crippen LogP contribution in [0.5, 0.6) is 0 Å². The third kappa shape index (κ3) is 3.56. The van der Waals surface area contributed by atoms with E-state index in [-0.39, 0.29) is 5.41 Å². The smallest absolute Gasteiger partial charge is 0.129 e. The second-order valence-corrected chi connectivity index (χ2v) is 11.2. The lowest BCUT2D eigenvalue weighted by Gasteiger charge is -2.59. The Morgan fingerprint density at radius 3 is 2.50 bits per heavy atom. The number of nitrogens with zero attached hydrogens (tertiary/aromatic N) is 2. The summed E-state index contributed by atoms with van der Waals surface area (Å²) in [6, 6.07) is 0. The van der Waals surface area contributed by atoms with Crippen LogP contribution >= 0.6 is 0 Å². The molecule has 30 heavy (non-hydrogen) atoms. The fourth-order valence-electron chi connectivity index (χ4n) is 7.72. The fourth-order valence-corrected chi connectivity index (χ4v) is 7.72. The number of hydrogen-bond acceptors (Lipinski definition) is 4. The van der Waals surface area contributed by atoms with Crippen molar-refractivity contribution in [1.82, 2.24) is 4.90 Å². The maximum Gasteiger partial charge on any atom is 0.129 e. The lowest BCUT2D eigenvalue weighted by Crippen LogP contribution is -2.53. The molecule has 4 aliphatic rings. The van der Waals surface area contributed by atoms with Gasteiger partial charge in [-0.15, -0.1) is 0 Å². The summed E-state index contributed by atoms with van der Waals surface area (Å²) in [4.78, 5) is 8.06. The fraction of sp³-hybridized carbons (Fsp3) is 0.885. The van der Waals surface area contributed by atoms with Crippen LogP contribution in [0.25, 0.3) is 0 Å². The summed E-state index contributed by atoms with van der Waals surface area (Å²) in [5, 5.41) is 15.6. The SMILES string of the molecule is CCN(CC)CCON=C1C=C2CCC3C(CC[C@@]4(C)C3CC[C@]4(C)O)[C@@]2(C)CC1. The predicted octanol–water partition coefficient (Wildman–Crippen LogP) is 5.41. The van der Waals surface area contributed by atoms with Gasteiger partial charge in [0.1, 0.15) is 6.61 Å². The normalized spacial score (nSPS) is 44.4. The molecule has 0 saturated heterocycles. The third-order valence-corrected chi connectivity index (χ3v) is 10.1. The number of rotatable bonds is 6. The lowest BCUT2D eigenvalue weighted by molar-refractivity contribution is -0.117. The van der Waals surface area contributed by atoms with Gasteiger partial charge in [0.05, 0.1) is 11.3 Å². The Balaban J connectivity index is 1.44. The minimum Gasteiger partial charge on any atom is -0.394 e. The first kappa shape index (κ1) is 22.3. The Morgan fingerprint density at radius 2 is 1.77 bits per heavy atom. The number of likely N-dealkylation sites (N-methyl/N-ethyl adjacent to an activating group) is 1. The van der Waals surface area contributed by atoms with Crippen molar-refractivity contribution in [3.8, 4) is 0 Å². The number of allylic oxidation sites excluding steroid dienone is 2. The molecule has 6 atom stereocenters. The number of oxime groups is 1. The Morgan fingerprint density at radius 1 is 1.03 bits per heavy atom. The first-order chi connectivity index (χ1) is 14.2. The number of hydrogen-bond donors (Lipinski definition) is 1. The van der Waals surface area contributed by atoms with Gasteiger partial charge in [-0.25, -0.2) is 0 Å². The molecule has 0 aliphatic heterocycles. The second-order valence-electron chi connectivity index (χ2n) is 11.2. The molecule has 0 radical (unpaired) electrons. The van der Waals surface area contributed by atoms with Gasteiger partial charge < -0.3 is 14.8 Å². The zero-order valence-corrected chi connectivity index (χ0v) is 20.0. The van der Waals surface area contributed by atoms with Gasteiger partial charge in [-0.2, -0.15) is 0 Å². The van der Waals surface area contributed by atoms with Crippen molar-refractivity contribution < 1.29 is 9.94 Å². The van der Waals surface area contributed by atoms with Crippen molar-refractivity contribution in [3.63, 3.8) is 0 Å². The molecular weight excluding hydrogens is 372 g/mol. The number of aliphatic hydroxyl groups is 1. The van der Waals surface area contributed by atoms with Gasteiger partial charge in [0.2, 0.25) is 0 Å². The highest BCUT2D eigenvalue weighted by Crippen LogP contribution is 2.67. The summed E-state index contributed by atoms with van der Waals surface area (Å²) >= 11 is 0. The molecule has 0 spiro atoms. The highest BCUT2D eigenvalue weighted by molar-refractivity contribution is 5.96. The van der Waals surface area contributed by atoms with Gasteiger partial charge in [0, 0.05) is 6.54 Å². The molecule has 170 valence electrons. The van der Waals surface area contributed by atoms with Crippen molar-refractivity contribution in [2.45, 2.75) is 91.6 Å². The van der Waals surface area contributed by atoms with Crippen molar-refractivity contribution in [2.24, 2.45) is 33.7 Å². The van der Waals surface area contributed by atoms with Crippen LogP contribution in [-0.2, 0) is 4.84 Å². The highest BCUT2D eigenvalue weighted by Gasteiger charge is 2.62. The Kier molecular flexibility index (Phi) is 6.13. The van der Waals surface area contributed by atoms with Gasteiger partial charge in [-0.05, 0) is 106 Å². The summed E-state index contributed by atoms with van der Waals surface area (Å²) in [6.07, 6.45) is 11.8. The highest BCUT2D eigenvalue weighted by atomic mass is 16.6. The van der Waals surface area contributed by atoms with Crippen LogP contribution in [0, 0.1) is 28.6 Å².